The quantitative estimate of drug-likeness (QED) is 0.657. The van der Waals surface area contributed by atoms with E-state index in [1.807, 2.05) is 43.4 Å². The normalized spacial score (nSPS) is 10.0. The van der Waals surface area contributed by atoms with E-state index in [9.17, 15) is 14.7 Å². The van der Waals surface area contributed by atoms with E-state index in [4.69, 9.17) is 4.74 Å². The van der Waals surface area contributed by atoms with Crippen LogP contribution in [0.1, 0.15) is 11.1 Å². The number of amides is 3. The van der Waals surface area contributed by atoms with Gasteiger partial charge in [-0.05, 0) is 49.2 Å². The van der Waals surface area contributed by atoms with Crippen molar-refractivity contribution in [2.24, 2.45) is 0 Å². The zero-order valence-corrected chi connectivity index (χ0v) is 12.9. The number of anilines is 1. The van der Waals surface area contributed by atoms with Crippen LogP contribution in [0, 0.1) is 13.8 Å². The molecule has 0 spiro atoms. The van der Waals surface area contributed by atoms with Crippen LogP contribution in [0.4, 0.5) is 10.5 Å². The third-order valence-electron chi connectivity index (χ3n) is 3.35. The predicted octanol–water partition coefficient (Wildman–Crippen LogP) is 2.72. The van der Waals surface area contributed by atoms with Gasteiger partial charge in [-0.2, -0.15) is 0 Å². The fourth-order valence-electron chi connectivity index (χ4n) is 2.10. The van der Waals surface area contributed by atoms with E-state index in [1.165, 1.54) is 0 Å². The molecule has 2 aromatic rings. The Morgan fingerprint density at radius 2 is 1.87 bits per heavy atom. The summed E-state index contributed by atoms with van der Waals surface area (Å²) in [6.45, 7) is 3.25. The first-order valence-electron chi connectivity index (χ1n) is 7.03. The fraction of sp³-hybridized carbons (Fsp3) is 0.176. The highest BCUT2D eigenvalue weighted by Crippen LogP contribution is 2.30. The largest absolute Gasteiger partial charge is 0.457 e. The van der Waals surface area contributed by atoms with Gasteiger partial charge in [-0.25, -0.2) is 4.79 Å². The van der Waals surface area contributed by atoms with E-state index >= 15 is 0 Å². The molecular formula is C17H18N2O4. The molecule has 0 aliphatic heterocycles. The van der Waals surface area contributed by atoms with Crippen molar-refractivity contribution in [1.29, 1.82) is 0 Å². The number of nitrogens with zero attached hydrogens (tertiary/aromatic N) is 1. The molecule has 120 valence electrons. The molecule has 2 aromatic carbocycles. The van der Waals surface area contributed by atoms with E-state index in [0.29, 0.717) is 11.4 Å². The molecule has 0 bridgehead atoms. The Bertz CT molecular complexity index is 715. The molecule has 0 heterocycles. The number of aliphatic hydroxyl groups excluding tert-OH is 1. The van der Waals surface area contributed by atoms with Crippen molar-refractivity contribution in [3.63, 3.8) is 0 Å². The van der Waals surface area contributed by atoms with Gasteiger partial charge in [-0.3, -0.25) is 15.0 Å². The Morgan fingerprint density at radius 3 is 2.48 bits per heavy atom. The molecule has 0 aliphatic rings. The van der Waals surface area contributed by atoms with Crippen molar-refractivity contribution in [3.8, 4) is 11.5 Å². The summed E-state index contributed by atoms with van der Waals surface area (Å²) in [7, 11) is 0. The van der Waals surface area contributed by atoms with Crippen LogP contribution in [0.2, 0.25) is 0 Å². The summed E-state index contributed by atoms with van der Waals surface area (Å²) in [6.07, 6.45) is 0.271. The number of aryl methyl sites for hydroxylation is 2. The van der Waals surface area contributed by atoms with Crippen LogP contribution >= 0.6 is 0 Å². The Kier molecular flexibility index (Phi) is 5.32. The van der Waals surface area contributed by atoms with Crippen molar-refractivity contribution < 1.29 is 19.4 Å². The molecule has 6 heteroatoms. The molecule has 3 amide bonds. The van der Waals surface area contributed by atoms with E-state index < -0.39 is 12.8 Å². The lowest BCUT2D eigenvalue weighted by molar-refractivity contribution is -0.108. The maximum atomic E-state index is 11.7. The monoisotopic (exact) mass is 314 g/mol. The number of imide groups is 1. The summed E-state index contributed by atoms with van der Waals surface area (Å²) in [5.41, 5.74) is 2.27. The van der Waals surface area contributed by atoms with E-state index in [1.54, 1.807) is 18.2 Å². The standard InChI is InChI=1S/C17H18N2O4/c1-12-5-3-4-6-15(12)23-16-8-7-14(9-13(16)2)19(11-21)17(22)18-10-20/h3-10,21H,11H2,1-2H3,(H,18,20,22). The molecule has 0 aliphatic carbocycles. The van der Waals surface area contributed by atoms with Crippen LogP contribution < -0.4 is 15.0 Å². The molecule has 0 radical (unpaired) electrons. The zero-order chi connectivity index (χ0) is 16.8. The average molecular weight is 314 g/mol. The number of hydrogen-bond donors (Lipinski definition) is 2. The summed E-state index contributed by atoms with van der Waals surface area (Å²) >= 11 is 0. The lowest BCUT2D eigenvalue weighted by Crippen LogP contribution is -2.40. The molecular weight excluding hydrogens is 296 g/mol. The molecule has 0 atom stereocenters. The number of ether oxygens (including phenoxy) is 1. The highest BCUT2D eigenvalue weighted by Gasteiger charge is 2.15. The van der Waals surface area contributed by atoms with Gasteiger partial charge in [-0.15, -0.1) is 0 Å². The topological polar surface area (TPSA) is 78.9 Å². The maximum absolute atomic E-state index is 11.7. The summed E-state index contributed by atoms with van der Waals surface area (Å²) in [5.74, 6) is 1.40. The summed E-state index contributed by atoms with van der Waals surface area (Å²) in [4.78, 5) is 23.1. The lowest BCUT2D eigenvalue weighted by atomic mass is 10.2. The van der Waals surface area contributed by atoms with Crippen molar-refractivity contribution >= 4 is 18.1 Å². The van der Waals surface area contributed by atoms with Gasteiger partial charge in [0.15, 0.2) is 0 Å². The smallest absolute Gasteiger partial charge is 0.330 e. The van der Waals surface area contributed by atoms with Crippen molar-refractivity contribution in [2.75, 3.05) is 11.6 Å². The number of urea groups is 1. The van der Waals surface area contributed by atoms with Gasteiger partial charge in [0.05, 0.1) is 0 Å². The van der Waals surface area contributed by atoms with Crippen LogP contribution in [0.15, 0.2) is 42.5 Å². The minimum absolute atomic E-state index is 0.271. The minimum Gasteiger partial charge on any atom is -0.457 e. The third kappa shape index (κ3) is 3.87. The molecule has 2 rings (SSSR count). The number of carbonyl (C=O) groups excluding carboxylic acids is 2. The van der Waals surface area contributed by atoms with Crippen LogP contribution in [-0.2, 0) is 4.79 Å². The Balaban J connectivity index is 2.25. The van der Waals surface area contributed by atoms with Crippen molar-refractivity contribution in [2.45, 2.75) is 13.8 Å². The molecule has 23 heavy (non-hydrogen) atoms. The van der Waals surface area contributed by atoms with Crippen LogP contribution in [-0.4, -0.2) is 24.3 Å². The molecule has 0 saturated heterocycles. The number of hydrogen-bond acceptors (Lipinski definition) is 4. The highest BCUT2D eigenvalue weighted by molar-refractivity contribution is 5.97. The van der Waals surface area contributed by atoms with Crippen LogP contribution in [0.3, 0.4) is 0 Å². The maximum Gasteiger partial charge on any atom is 0.330 e. The molecule has 0 fully saturated rings. The molecule has 0 aromatic heterocycles. The third-order valence-corrected chi connectivity index (χ3v) is 3.35. The molecule has 0 saturated carbocycles. The van der Waals surface area contributed by atoms with Gasteiger partial charge in [0.2, 0.25) is 6.41 Å². The van der Waals surface area contributed by atoms with E-state index in [2.05, 4.69) is 0 Å². The van der Waals surface area contributed by atoms with Gasteiger partial charge in [0.1, 0.15) is 18.2 Å². The number of rotatable bonds is 5. The van der Waals surface area contributed by atoms with Gasteiger partial charge in [0.25, 0.3) is 0 Å². The van der Waals surface area contributed by atoms with E-state index in [0.717, 1.165) is 21.8 Å². The van der Waals surface area contributed by atoms with Crippen LogP contribution in [0.5, 0.6) is 11.5 Å². The molecule has 6 nitrogen and oxygen atoms in total. The zero-order valence-electron chi connectivity index (χ0n) is 12.9. The summed E-state index contributed by atoms with van der Waals surface area (Å²) in [5, 5.41) is 11.3. The number of benzene rings is 2. The van der Waals surface area contributed by atoms with Crippen molar-refractivity contribution in [1.82, 2.24) is 5.32 Å². The number of para-hydroxylation sites is 1. The number of aliphatic hydroxyl groups is 1. The van der Waals surface area contributed by atoms with Gasteiger partial charge >= 0.3 is 6.03 Å². The number of carbonyl (C=O) groups is 2. The summed E-state index contributed by atoms with van der Waals surface area (Å²) in [6, 6.07) is 12.0. The second-order valence-corrected chi connectivity index (χ2v) is 4.95. The fourth-order valence-corrected chi connectivity index (χ4v) is 2.10. The van der Waals surface area contributed by atoms with E-state index in [-0.39, 0.29) is 6.41 Å². The van der Waals surface area contributed by atoms with Gasteiger partial charge in [0, 0.05) is 5.69 Å². The predicted molar refractivity (Wildman–Crippen MR) is 86.6 cm³/mol. The number of nitrogens with one attached hydrogen (secondary N) is 1. The average Bonchev–Trinajstić information content (AvgIpc) is 2.53. The lowest BCUT2D eigenvalue weighted by Gasteiger charge is -2.20. The first-order chi connectivity index (χ1) is 11.1. The SMILES string of the molecule is Cc1ccccc1Oc1ccc(N(CO)C(=O)NC=O)cc1C. The molecule has 0 unspecified atom stereocenters. The Morgan fingerprint density at radius 1 is 1.17 bits per heavy atom. The molecule has 2 N–H and O–H groups in total. The second kappa shape index (κ2) is 7.42. The summed E-state index contributed by atoms with van der Waals surface area (Å²) < 4.78 is 5.88. The van der Waals surface area contributed by atoms with Crippen molar-refractivity contribution in [3.05, 3.63) is 53.6 Å². The Hall–Kier alpha value is -2.86. The van der Waals surface area contributed by atoms with Crippen LogP contribution in [0.25, 0.3) is 0 Å². The highest BCUT2D eigenvalue weighted by atomic mass is 16.5. The minimum atomic E-state index is -0.700. The first-order valence-corrected chi connectivity index (χ1v) is 7.03. The Labute approximate surface area is 134 Å². The van der Waals surface area contributed by atoms with Gasteiger partial charge in [-0.1, -0.05) is 18.2 Å². The second-order valence-electron chi connectivity index (χ2n) is 4.95. The first kappa shape index (κ1) is 16.5. The van der Waals surface area contributed by atoms with Gasteiger partial charge < -0.3 is 9.84 Å².